The first-order valence-electron chi connectivity index (χ1n) is 14.4. The number of imide groups is 1. The molecule has 2 aliphatic heterocycles. The summed E-state index contributed by atoms with van der Waals surface area (Å²) in [6.07, 6.45) is 0.136. The molecule has 1 saturated heterocycles. The molecule has 3 aromatic carbocycles. The number of hydrogen-bond acceptors (Lipinski definition) is 8. The first-order valence-corrected chi connectivity index (χ1v) is 14.7. The second-order valence-electron chi connectivity index (χ2n) is 11.2. The van der Waals surface area contributed by atoms with Gasteiger partial charge in [-0.15, -0.1) is 0 Å². The van der Waals surface area contributed by atoms with Crippen molar-refractivity contribution in [3.05, 3.63) is 93.5 Å². The standard InChI is InChI=1S/C33H30ClN5O4/c34-26-16-23(18-35)8-10-28(26)38-14-12-37(13-15-38)20-22-6-4-21(5-7-22)19-36-27-3-1-2-25-31(27)33(43)39(32(25)42)29-11-9-24(40)17-30(29)41/h1-8,10,16,29,36H,9,11-15,17,19-20H2. The number of rotatable bonds is 7. The van der Waals surface area contributed by atoms with Crippen molar-refractivity contribution in [1.29, 1.82) is 5.26 Å². The van der Waals surface area contributed by atoms with Crippen LogP contribution in [0.15, 0.2) is 60.7 Å². The molecule has 0 bridgehead atoms. The van der Waals surface area contributed by atoms with Crippen molar-refractivity contribution in [2.24, 2.45) is 0 Å². The van der Waals surface area contributed by atoms with Crippen LogP contribution >= 0.6 is 11.6 Å². The molecule has 1 aliphatic carbocycles. The van der Waals surface area contributed by atoms with Gasteiger partial charge in [-0.2, -0.15) is 5.26 Å². The smallest absolute Gasteiger partial charge is 0.264 e. The van der Waals surface area contributed by atoms with Crippen molar-refractivity contribution < 1.29 is 19.2 Å². The van der Waals surface area contributed by atoms with Gasteiger partial charge in [-0.05, 0) is 47.9 Å². The topological polar surface area (TPSA) is 114 Å². The van der Waals surface area contributed by atoms with Crippen molar-refractivity contribution in [1.82, 2.24) is 9.80 Å². The molecule has 0 radical (unpaired) electrons. The Balaban J connectivity index is 1.05. The summed E-state index contributed by atoms with van der Waals surface area (Å²) in [5.74, 6) is -1.51. The second kappa shape index (κ2) is 12.0. The van der Waals surface area contributed by atoms with E-state index in [9.17, 15) is 19.2 Å². The van der Waals surface area contributed by atoms with E-state index >= 15 is 0 Å². The number of carbonyl (C=O) groups is 4. The van der Waals surface area contributed by atoms with Crippen LogP contribution < -0.4 is 10.2 Å². The summed E-state index contributed by atoms with van der Waals surface area (Å²) in [5, 5.41) is 13.0. The third-order valence-corrected chi connectivity index (χ3v) is 8.70. The third-order valence-electron chi connectivity index (χ3n) is 8.40. The predicted octanol–water partition coefficient (Wildman–Crippen LogP) is 4.43. The number of nitrogens with zero attached hydrogens (tertiary/aromatic N) is 4. The largest absolute Gasteiger partial charge is 0.380 e. The van der Waals surface area contributed by atoms with Crippen LogP contribution in [0.4, 0.5) is 11.4 Å². The molecule has 1 N–H and O–H groups in total. The van der Waals surface area contributed by atoms with Gasteiger partial charge in [-0.3, -0.25) is 29.0 Å². The highest BCUT2D eigenvalue weighted by atomic mass is 35.5. The predicted molar refractivity (Wildman–Crippen MR) is 162 cm³/mol. The molecule has 3 aliphatic rings. The van der Waals surface area contributed by atoms with Gasteiger partial charge in [0.05, 0.1) is 45.9 Å². The lowest BCUT2D eigenvalue weighted by Crippen LogP contribution is -2.47. The van der Waals surface area contributed by atoms with E-state index in [0.29, 0.717) is 22.8 Å². The minimum atomic E-state index is -0.887. The molecule has 0 spiro atoms. The second-order valence-corrected chi connectivity index (χ2v) is 11.6. The maximum absolute atomic E-state index is 13.3. The first kappa shape index (κ1) is 28.6. The van der Waals surface area contributed by atoms with Gasteiger partial charge in [-0.25, -0.2) is 0 Å². The number of nitriles is 1. The molecular formula is C33H30ClN5O4. The van der Waals surface area contributed by atoms with Gasteiger partial charge in [-0.1, -0.05) is 41.9 Å². The van der Waals surface area contributed by atoms with Gasteiger partial charge in [0.1, 0.15) is 5.78 Å². The van der Waals surface area contributed by atoms with E-state index in [4.69, 9.17) is 16.9 Å². The van der Waals surface area contributed by atoms with E-state index in [1.54, 1.807) is 30.3 Å². The van der Waals surface area contributed by atoms with Crippen molar-refractivity contribution in [2.75, 3.05) is 36.4 Å². The number of carbonyl (C=O) groups excluding carboxylic acids is 4. The fourth-order valence-electron chi connectivity index (χ4n) is 6.06. The summed E-state index contributed by atoms with van der Waals surface area (Å²) < 4.78 is 0. The Labute approximate surface area is 254 Å². The average molecular weight is 596 g/mol. The number of benzene rings is 3. The first-order chi connectivity index (χ1) is 20.8. The van der Waals surface area contributed by atoms with Crippen LogP contribution in [0.25, 0.3) is 0 Å². The number of nitrogens with one attached hydrogen (secondary N) is 1. The van der Waals surface area contributed by atoms with Crippen LogP contribution in [-0.4, -0.2) is 65.4 Å². The summed E-state index contributed by atoms with van der Waals surface area (Å²) in [5.41, 5.74) is 4.83. The Morgan fingerprint density at radius 2 is 1.65 bits per heavy atom. The molecule has 1 atom stereocenters. The van der Waals surface area contributed by atoms with Crippen LogP contribution in [0.2, 0.25) is 5.02 Å². The lowest BCUT2D eigenvalue weighted by Gasteiger charge is -2.36. The molecule has 10 heteroatoms. The molecule has 6 rings (SSSR count). The number of halogens is 1. The van der Waals surface area contributed by atoms with Crippen molar-refractivity contribution >= 4 is 46.4 Å². The molecule has 2 heterocycles. The number of piperazine rings is 1. The summed E-state index contributed by atoms with van der Waals surface area (Å²) in [7, 11) is 0. The molecule has 9 nitrogen and oxygen atoms in total. The van der Waals surface area contributed by atoms with Crippen LogP contribution in [-0.2, 0) is 22.7 Å². The molecular weight excluding hydrogens is 566 g/mol. The number of hydrogen-bond donors (Lipinski definition) is 1. The van der Waals surface area contributed by atoms with Crippen LogP contribution in [0.5, 0.6) is 0 Å². The zero-order valence-corrected chi connectivity index (χ0v) is 24.3. The molecule has 1 unspecified atom stereocenters. The molecule has 0 aromatic heterocycles. The summed E-state index contributed by atoms with van der Waals surface area (Å²) in [4.78, 5) is 56.3. The fourth-order valence-corrected chi connectivity index (χ4v) is 6.36. The summed E-state index contributed by atoms with van der Waals surface area (Å²) in [6, 6.07) is 20.0. The lowest BCUT2D eigenvalue weighted by molar-refractivity contribution is -0.132. The van der Waals surface area contributed by atoms with Gasteiger partial charge in [0.25, 0.3) is 11.8 Å². The number of fused-ring (bicyclic) bond motifs is 1. The van der Waals surface area contributed by atoms with E-state index in [-0.39, 0.29) is 42.0 Å². The zero-order valence-electron chi connectivity index (χ0n) is 23.5. The van der Waals surface area contributed by atoms with Crippen molar-refractivity contribution in [3.8, 4) is 6.07 Å². The average Bonchev–Trinajstić information content (AvgIpc) is 3.27. The van der Waals surface area contributed by atoms with Gasteiger partial charge >= 0.3 is 0 Å². The summed E-state index contributed by atoms with van der Waals surface area (Å²) in [6.45, 7) is 4.77. The van der Waals surface area contributed by atoms with Crippen LogP contribution in [0.1, 0.15) is 56.7 Å². The molecule has 218 valence electrons. The number of anilines is 2. The van der Waals surface area contributed by atoms with E-state index < -0.39 is 17.9 Å². The van der Waals surface area contributed by atoms with E-state index in [1.807, 2.05) is 6.07 Å². The SMILES string of the molecule is N#Cc1ccc(N2CCN(Cc3ccc(CNc4cccc5c4C(=O)N(C4CCC(=O)CC4=O)C5=O)cc3)CC2)c(Cl)c1. The summed E-state index contributed by atoms with van der Waals surface area (Å²) >= 11 is 6.41. The third kappa shape index (κ3) is 5.76. The number of Topliss-reactive ketones (excluding diaryl/α,β-unsaturated/α-hetero) is 2. The van der Waals surface area contributed by atoms with Crippen molar-refractivity contribution in [3.63, 3.8) is 0 Å². The van der Waals surface area contributed by atoms with Crippen LogP contribution in [0, 0.1) is 11.3 Å². The Morgan fingerprint density at radius 1 is 0.907 bits per heavy atom. The Morgan fingerprint density at radius 3 is 2.35 bits per heavy atom. The maximum Gasteiger partial charge on any atom is 0.264 e. The quantitative estimate of drug-likeness (QED) is 0.315. The normalized spacial score (nSPS) is 19.0. The highest BCUT2D eigenvalue weighted by Gasteiger charge is 2.45. The fraction of sp³-hybridized carbons (Fsp3) is 0.303. The highest BCUT2D eigenvalue weighted by molar-refractivity contribution is 6.33. The Bertz CT molecular complexity index is 1660. The van der Waals surface area contributed by atoms with Gasteiger partial charge in [0.2, 0.25) is 0 Å². The molecule has 43 heavy (non-hydrogen) atoms. The maximum atomic E-state index is 13.3. The highest BCUT2D eigenvalue weighted by Crippen LogP contribution is 2.33. The van der Waals surface area contributed by atoms with Gasteiger partial charge in [0.15, 0.2) is 5.78 Å². The monoisotopic (exact) mass is 595 g/mol. The van der Waals surface area contributed by atoms with Gasteiger partial charge < -0.3 is 10.2 Å². The number of ketones is 2. The van der Waals surface area contributed by atoms with Gasteiger partial charge in [0, 0.05) is 51.4 Å². The molecule has 1 saturated carbocycles. The van der Waals surface area contributed by atoms with Crippen molar-refractivity contribution in [2.45, 2.75) is 38.4 Å². The Kier molecular flexibility index (Phi) is 7.98. The number of amides is 2. The molecule has 2 fully saturated rings. The lowest BCUT2D eigenvalue weighted by atomic mass is 9.92. The van der Waals surface area contributed by atoms with E-state index in [0.717, 1.165) is 48.9 Å². The minimum Gasteiger partial charge on any atom is -0.380 e. The van der Waals surface area contributed by atoms with Crippen LogP contribution in [0.3, 0.4) is 0 Å². The zero-order chi connectivity index (χ0) is 30.1. The van der Waals surface area contributed by atoms with E-state index in [2.05, 4.69) is 45.5 Å². The molecule has 3 aromatic rings. The minimum absolute atomic E-state index is 0.154. The van der Waals surface area contributed by atoms with E-state index in [1.165, 1.54) is 5.56 Å². The Hall–Kier alpha value is -4.52. The molecule has 2 amide bonds.